The van der Waals surface area contributed by atoms with Crippen LogP contribution in [0.1, 0.15) is 31.2 Å². The second-order valence-electron chi connectivity index (χ2n) is 5.28. The fraction of sp³-hybridized carbons (Fsp3) is 0.222. The van der Waals surface area contributed by atoms with E-state index in [1.807, 2.05) is 25.1 Å². The minimum absolute atomic E-state index is 0.111. The molecular formula is C18H20N2O3. The van der Waals surface area contributed by atoms with Crippen LogP contribution in [0.25, 0.3) is 6.08 Å². The molecule has 1 atom stereocenters. The van der Waals surface area contributed by atoms with E-state index in [9.17, 15) is 9.59 Å². The first kappa shape index (κ1) is 16.5. The number of hydrogen-bond donors (Lipinski definition) is 1. The Morgan fingerprint density at radius 3 is 2.48 bits per heavy atom. The molecule has 23 heavy (non-hydrogen) atoms. The minimum atomic E-state index is -0.135. The lowest BCUT2D eigenvalue weighted by atomic mass is 10.2. The van der Waals surface area contributed by atoms with E-state index in [0.717, 1.165) is 17.0 Å². The van der Waals surface area contributed by atoms with Gasteiger partial charge < -0.3 is 14.6 Å². The second kappa shape index (κ2) is 7.45. The maximum Gasteiger partial charge on any atom is 0.246 e. The van der Waals surface area contributed by atoms with Crippen LogP contribution in [0.4, 0.5) is 5.69 Å². The third kappa shape index (κ3) is 4.57. The minimum Gasteiger partial charge on any atom is -0.467 e. The van der Waals surface area contributed by atoms with Crippen LogP contribution in [0.5, 0.6) is 0 Å². The van der Waals surface area contributed by atoms with Crippen molar-refractivity contribution in [2.45, 2.75) is 19.9 Å². The van der Waals surface area contributed by atoms with Crippen molar-refractivity contribution in [2.24, 2.45) is 0 Å². The van der Waals surface area contributed by atoms with E-state index >= 15 is 0 Å². The quantitative estimate of drug-likeness (QED) is 0.860. The summed E-state index contributed by atoms with van der Waals surface area (Å²) in [6.07, 6.45) is 4.86. The van der Waals surface area contributed by atoms with E-state index in [-0.39, 0.29) is 17.9 Å². The number of carbonyl (C=O) groups is 2. The Kier molecular flexibility index (Phi) is 5.36. The fourth-order valence-corrected chi connectivity index (χ4v) is 2.08. The van der Waals surface area contributed by atoms with Crippen molar-refractivity contribution in [2.75, 3.05) is 12.4 Å². The van der Waals surface area contributed by atoms with Crippen molar-refractivity contribution in [1.29, 1.82) is 0 Å². The summed E-state index contributed by atoms with van der Waals surface area (Å²) in [6.45, 7) is 3.37. The molecule has 1 aromatic carbocycles. The molecule has 0 aliphatic carbocycles. The summed E-state index contributed by atoms with van der Waals surface area (Å²) in [5, 5.41) is 2.70. The van der Waals surface area contributed by atoms with E-state index in [0.29, 0.717) is 0 Å². The molecule has 1 unspecified atom stereocenters. The van der Waals surface area contributed by atoms with Crippen LogP contribution in [0.15, 0.2) is 53.2 Å². The Balaban J connectivity index is 1.98. The molecule has 0 bridgehead atoms. The third-order valence-electron chi connectivity index (χ3n) is 3.53. The van der Waals surface area contributed by atoms with Gasteiger partial charge in [-0.2, -0.15) is 0 Å². The standard InChI is InChI=1S/C18H20N2O3/c1-13(17-5-4-12-23-17)20(3)18(22)11-8-15-6-9-16(10-7-15)19-14(2)21/h4-13H,1-3H3,(H,19,21)/b11-8+. The highest BCUT2D eigenvalue weighted by molar-refractivity contribution is 5.92. The summed E-state index contributed by atoms with van der Waals surface area (Å²) in [5.74, 6) is 0.519. The Labute approximate surface area is 135 Å². The lowest BCUT2D eigenvalue weighted by molar-refractivity contribution is -0.126. The first-order valence-corrected chi connectivity index (χ1v) is 7.33. The Hall–Kier alpha value is -2.82. The van der Waals surface area contributed by atoms with Crippen molar-refractivity contribution in [3.8, 4) is 0 Å². The van der Waals surface area contributed by atoms with Gasteiger partial charge in [0.05, 0.1) is 12.3 Å². The second-order valence-corrected chi connectivity index (χ2v) is 5.28. The molecule has 2 rings (SSSR count). The first-order valence-electron chi connectivity index (χ1n) is 7.33. The molecule has 0 aliphatic heterocycles. The van der Waals surface area contributed by atoms with Gasteiger partial charge in [-0.3, -0.25) is 9.59 Å². The van der Waals surface area contributed by atoms with Gasteiger partial charge in [0.1, 0.15) is 5.76 Å². The van der Waals surface area contributed by atoms with Crippen LogP contribution in [-0.2, 0) is 9.59 Å². The molecule has 1 N–H and O–H groups in total. The van der Waals surface area contributed by atoms with Crippen LogP contribution in [0, 0.1) is 0 Å². The number of rotatable bonds is 5. The van der Waals surface area contributed by atoms with Crippen molar-refractivity contribution in [3.63, 3.8) is 0 Å². The van der Waals surface area contributed by atoms with Gasteiger partial charge in [-0.15, -0.1) is 0 Å². The Morgan fingerprint density at radius 1 is 1.22 bits per heavy atom. The van der Waals surface area contributed by atoms with Crippen LogP contribution < -0.4 is 5.32 Å². The average molecular weight is 312 g/mol. The van der Waals surface area contributed by atoms with Crippen molar-refractivity contribution in [3.05, 3.63) is 60.1 Å². The third-order valence-corrected chi connectivity index (χ3v) is 3.53. The molecule has 1 heterocycles. The van der Waals surface area contributed by atoms with E-state index in [1.54, 1.807) is 42.5 Å². The number of amides is 2. The summed E-state index contributed by atoms with van der Waals surface area (Å²) in [6, 6.07) is 10.8. The van der Waals surface area contributed by atoms with Crippen molar-refractivity contribution in [1.82, 2.24) is 4.90 Å². The van der Waals surface area contributed by atoms with Crippen molar-refractivity contribution < 1.29 is 14.0 Å². The molecule has 120 valence electrons. The molecular weight excluding hydrogens is 292 g/mol. The van der Waals surface area contributed by atoms with E-state index in [2.05, 4.69) is 5.32 Å². The van der Waals surface area contributed by atoms with Crippen LogP contribution in [-0.4, -0.2) is 23.8 Å². The number of nitrogens with one attached hydrogen (secondary N) is 1. The Bertz CT molecular complexity index is 688. The number of hydrogen-bond acceptors (Lipinski definition) is 3. The molecule has 0 saturated carbocycles. The molecule has 0 radical (unpaired) electrons. The molecule has 0 aliphatic rings. The summed E-state index contributed by atoms with van der Waals surface area (Å²) in [4.78, 5) is 24.8. The lowest BCUT2D eigenvalue weighted by Gasteiger charge is -2.21. The molecule has 5 nitrogen and oxygen atoms in total. The monoisotopic (exact) mass is 312 g/mol. The highest BCUT2D eigenvalue weighted by Crippen LogP contribution is 2.19. The van der Waals surface area contributed by atoms with Gasteiger partial charge in [0.15, 0.2) is 0 Å². The molecule has 5 heteroatoms. The smallest absolute Gasteiger partial charge is 0.246 e. The van der Waals surface area contributed by atoms with Gasteiger partial charge in [-0.25, -0.2) is 0 Å². The highest BCUT2D eigenvalue weighted by Gasteiger charge is 2.17. The number of carbonyl (C=O) groups excluding carboxylic acids is 2. The van der Waals surface area contributed by atoms with Crippen LogP contribution in [0.3, 0.4) is 0 Å². The van der Waals surface area contributed by atoms with Crippen LogP contribution in [0.2, 0.25) is 0 Å². The zero-order valence-electron chi connectivity index (χ0n) is 13.4. The number of anilines is 1. The van der Waals surface area contributed by atoms with E-state index in [1.165, 1.54) is 13.0 Å². The molecule has 0 saturated heterocycles. The largest absolute Gasteiger partial charge is 0.467 e. The van der Waals surface area contributed by atoms with E-state index < -0.39 is 0 Å². The predicted octanol–water partition coefficient (Wildman–Crippen LogP) is 3.47. The van der Waals surface area contributed by atoms with Gasteiger partial charge in [0, 0.05) is 25.7 Å². The molecule has 1 aromatic heterocycles. The summed E-state index contributed by atoms with van der Waals surface area (Å²) >= 11 is 0. The maximum atomic E-state index is 12.2. The summed E-state index contributed by atoms with van der Waals surface area (Å²) in [7, 11) is 1.74. The predicted molar refractivity (Wildman–Crippen MR) is 89.7 cm³/mol. The average Bonchev–Trinajstić information content (AvgIpc) is 3.06. The number of likely N-dealkylation sites (N-methyl/N-ethyl adjacent to an activating group) is 1. The number of benzene rings is 1. The fourth-order valence-electron chi connectivity index (χ4n) is 2.08. The first-order chi connectivity index (χ1) is 11.0. The van der Waals surface area contributed by atoms with Gasteiger partial charge in [0.25, 0.3) is 0 Å². The van der Waals surface area contributed by atoms with E-state index in [4.69, 9.17) is 4.42 Å². The SMILES string of the molecule is CC(=O)Nc1ccc(/C=C/C(=O)N(C)C(C)c2ccco2)cc1. The summed E-state index contributed by atoms with van der Waals surface area (Å²) in [5.41, 5.74) is 1.61. The van der Waals surface area contributed by atoms with Crippen LogP contribution >= 0.6 is 0 Å². The summed E-state index contributed by atoms with van der Waals surface area (Å²) < 4.78 is 5.32. The topological polar surface area (TPSA) is 62.6 Å². The van der Waals surface area contributed by atoms with Gasteiger partial charge in [0.2, 0.25) is 11.8 Å². The highest BCUT2D eigenvalue weighted by atomic mass is 16.3. The van der Waals surface area contributed by atoms with Gasteiger partial charge >= 0.3 is 0 Å². The molecule has 0 spiro atoms. The molecule has 2 aromatic rings. The maximum absolute atomic E-state index is 12.2. The number of furan rings is 1. The molecule has 2 amide bonds. The van der Waals surface area contributed by atoms with Gasteiger partial charge in [-0.1, -0.05) is 12.1 Å². The zero-order valence-corrected chi connectivity index (χ0v) is 13.4. The number of nitrogens with zero attached hydrogens (tertiary/aromatic N) is 1. The lowest BCUT2D eigenvalue weighted by Crippen LogP contribution is -2.27. The Morgan fingerprint density at radius 2 is 1.91 bits per heavy atom. The normalized spacial score (nSPS) is 12.1. The molecule has 0 fully saturated rings. The van der Waals surface area contributed by atoms with Gasteiger partial charge in [-0.05, 0) is 42.8 Å². The zero-order chi connectivity index (χ0) is 16.8. The van der Waals surface area contributed by atoms with Crippen molar-refractivity contribution >= 4 is 23.6 Å².